The normalized spacial score (nSPS) is 14.0. The molecule has 24 heavy (non-hydrogen) atoms. The third-order valence-electron chi connectivity index (χ3n) is 3.38. The summed E-state index contributed by atoms with van der Waals surface area (Å²) in [6, 6.07) is 15.9. The van der Waals surface area contributed by atoms with E-state index in [0.717, 1.165) is 5.56 Å². The van der Waals surface area contributed by atoms with E-state index in [4.69, 9.17) is 4.74 Å². The third kappa shape index (κ3) is 3.67. The smallest absolute Gasteiger partial charge is 0.328 e. The number of ether oxygens (including phenoxy) is 1. The fourth-order valence-corrected chi connectivity index (χ4v) is 2.17. The number of urea groups is 1. The average molecular weight is 322 g/mol. The summed E-state index contributed by atoms with van der Waals surface area (Å²) in [7, 11) is 0. The molecule has 0 atom stereocenters. The number of nitrogens with one attached hydrogen (secondary N) is 2. The van der Waals surface area contributed by atoms with Crippen molar-refractivity contribution in [2.45, 2.75) is 6.61 Å². The first-order valence-electron chi connectivity index (χ1n) is 7.27. The molecule has 1 aliphatic heterocycles. The van der Waals surface area contributed by atoms with E-state index in [1.54, 1.807) is 24.3 Å². The second kappa shape index (κ2) is 6.78. The van der Waals surface area contributed by atoms with E-state index in [0.29, 0.717) is 17.9 Å². The van der Waals surface area contributed by atoms with Crippen LogP contribution in [0.2, 0.25) is 0 Å². The number of hydrogen-bond donors (Lipinski definition) is 2. The molecule has 120 valence electrons. The van der Waals surface area contributed by atoms with Crippen molar-refractivity contribution in [3.63, 3.8) is 0 Å². The van der Waals surface area contributed by atoms with Crippen molar-refractivity contribution in [2.75, 3.05) is 0 Å². The van der Waals surface area contributed by atoms with Gasteiger partial charge in [-0.1, -0.05) is 42.5 Å². The van der Waals surface area contributed by atoms with Crippen LogP contribution in [0.3, 0.4) is 0 Å². The molecular formula is C18H14N2O4. The number of barbiturate groups is 1. The molecule has 2 N–H and O–H groups in total. The summed E-state index contributed by atoms with van der Waals surface area (Å²) in [6.07, 6.45) is 1.41. The van der Waals surface area contributed by atoms with E-state index in [1.807, 2.05) is 41.0 Å². The molecule has 6 nitrogen and oxygen atoms in total. The van der Waals surface area contributed by atoms with Crippen LogP contribution < -0.4 is 15.4 Å². The first-order valence-corrected chi connectivity index (χ1v) is 7.27. The predicted octanol–water partition coefficient (Wildman–Crippen LogP) is 2.01. The molecule has 0 aromatic heterocycles. The Hall–Kier alpha value is -3.41. The maximum Gasteiger partial charge on any atom is 0.328 e. The number of hydrogen-bond acceptors (Lipinski definition) is 4. The quantitative estimate of drug-likeness (QED) is 0.666. The van der Waals surface area contributed by atoms with Gasteiger partial charge in [0.15, 0.2) is 0 Å². The van der Waals surface area contributed by atoms with Crippen LogP contribution in [0.15, 0.2) is 60.2 Å². The number of carbonyl (C=O) groups excluding carboxylic acids is 3. The van der Waals surface area contributed by atoms with Crippen LogP contribution in [0.4, 0.5) is 4.79 Å². The van der Waals surface area contributed by atoms with Gasteiger partial charge in [-0.05, 0) is 29.3 Å². The van der Waals surface area contributed by atoms with Gasteiger partial charge in [-0.25, -0.2) is 4.79 Å². The summed E-state index contributed by atoms with van der Waals surface area (Å²) < 4.78 is 5.67. The van der Waals surface area contributed by atoms with Crippen LogP contribution in [-0.2, 0) is 16.2 Å². The van der Waals surface area contributed by atoms with Crippen LogP contribution >= 0.6 is 0 Å². The second-order valence-corrected chi connectivity index (χ2v) is 5.14. The average Bonchev–Trinajstić information content (AvgIpc) is 2.58. The molecule has 6 heteroatoms. The fourth-order valence-electron chi connectivity index (χ4n) is 2.17. The summed E-state index contributed by atoms with van der Waals surface area (Å²) in [5.41, 5.74) is 1.59. The molecule has 3 rings (SSSR count). The van der Waals surface area contributed by atoms with Gasteiger partial charge in [0.05, 0.1) is 0 Å². The highest BCUT2D eigenvalue weighted by molar-refractivity contribution is 6.31. The van der Waals surface area contributed by atoms with E-state index in [2.05, 4.69) is 0 Å². The fraction of sp³-hybridized carbons (Fsp3) is 0.0556. The summed E-state index contributed by atoms with van der Waals surface area (Å²) in [5.74, 6) is -0.755. The van der Waals surface area contributed by atoms with Crippen LogP contribution in [0, 0.1) is 0 Å². The zero-order chi connectivity index (χ0) is 16.9. The van der Waals surface area contributed by atoms with Gasteiger partial charge < -0.3 is 4.74 Å². The molecule has 4 amide bonds. The van der Waals surface area contributed by atoms with Crippen molar-refractivity contribution in [3.8, 4) is 5.75 Å². The lowest BCUT2D eigenvalue weighted by Crippen LogP contribution is -2.51. The Morgan fingerprint density at radius 3 is 2.08 bits per heavy atom. The molecule has 2 aromatic rings. The molecule has 0 aliphatic carbocycles. The second-order valence-electron chi connectivity index (χ2n) is 5.14. The maximum atomic E-state index is 11.7. The van der Waals surface area contributed by atoms with Crippen LogP contribution in [0.25, 0.3) is 6.08 Å². The Bertz CT molecular complexity index is 789. The molecule has 2 aromatic carbocycles. The number of benzene rings is 2. The van der Waals surface area contributed by atoms with E-state index in [1.165, 1.54) is 6.08 Å². The van der Waals surface area contributed by atoms with Gasteiger partial charge >= 0.3 is 6.03 Å². The SMILES string of the molecule is O=C1NC(=O)C(=Cc2ccc(OCc3ccccc3)cc2)C(=O)N1. The highest BCUT2D eigenvalue weighted by atomic mass is 16.5. The standard InChI is InChI=1S/C18H14N2O4/c21-16-15(17(22)20-18(23)19-16)10-12-6-8-14(9-7-12)24-11-13-4-2-1-3-5-13/h1-10H,11H2,(H2,19,20,21,22,23). The minimum atomic E-state index is -0.813. The van der Waals surface area contributed by atoms with Crippen LogP contribution in [0.5, 0.6) is 5.75 Å². The molecule has 1 heterocycles. The molecule has 0 unspecified atom stereocenters. The van der Waals surface area contributed by atoms with Crippen molar-refractivity contribution in [1.82, 2.24) is 10.6 Å². The highest BCUT2D eigenvalue weighted by Gasteiger charge is 2.27. The Balaban J connectivity index is 1.68. The van der Waals surface area contributed by atoms with Crippen molar-refractivity contribution in [1.29, 1.82) is 0 Å². The van der Waals surface area contributed by atoms with E-state index in [-0.39, 0.29) is 5.57 Å². The molecule has 1 saturated heterocycles. The Labute approximate surface area is 138 Å². The summed E-state index contributed by atoms with van der Waals surface area (Å²) in [4.78, 5) is 34.3. The Morgan fingerprint density at radius 2 is 1.46 bits per heavy atom. The molecule has 0 radical (unpaired) electrons. The maximum absolute atomic E-state index is 11.7. The van der Waals surface area contributed by atoms with Crippen LogP contribution in [-0.4, -0.2) is 17.8 Å². The van der Waals surface area contributed by atoms with Crippen molar-refractivity contribution < 1.29 is 19.1 Å². The number of amides is 4. The van der Waals surface area contributed by atoms with E-state index in [9.17, 15) is 14.4 Å². The monoisotopic (exact) mass is 322 g/mol. The predicted molar refractivity (Wildman–Crippen MR) is 86.9 cm³/mol. The molecule has 0 saturated carbocycles. The first-order chi connectivity index (χ1) is 11.6. The lowest BCUT2D eigenvalue weighted by molar-refractivity contribution is -0.123. The number of rotatable bonds is 4. The number of carbonyl (C=O) groups is 3. The zero-order valence-electron chi connectivity index (χ0n) is 12.6. The van der Waals surface area contributed by atoms with Gasteiger partial charge in [0.25, 0.3) is 11.8 Å². The molecular weight excluding hydrogens is 308 g/mol. The van der Waals surface area contributed by atoms with Gasteiger partial charge in [-0.15, -0.1) is 0 Å². The Kier molecular flexibility index (Phi) is 4.38. The summed E-state index contributed by atoms with van der Waals surface area (Å²) >= 11 is 0. The van der Waals surface area contributed by atoms with Crippen molar-refractivity contribution >= 4 is 23.9 Å². The van der Waals surface area contributed by atoms with Crippen molar-refractivity contribution in [3.05, 3.63) is 71.3 Å². The lowest BCUT2D eigenvalue weighted by Gasteiger charge is -2.13. The minimum Gasteiger partial charge on any atom is -0.489 e. The van der Waals surface area contributed by atoms with Gasteiger partial charge in [0, 0.05) is 0 Å². The summed E-state index contributed by atoms with van der Waals surface area (Å²) in [5, 5.41) is 4.05. The molecule has 1 aliphatic rings. The zero-order valence-corrected chi connectivity index (χ0v) is 12.6. The highest BCUT2D eigenvalue weighted by Crippen LogP contribution is 2.17. The topological polar surface area (TPSA) is 84.5 Å². The minimum absolute atomic E-state index is 0.118. The molecule has 0 spiro atoms. The first kappa shape index (κ1) is 15.5. The molecule has 1 fully saturated rings. The van der Waals surface area contributed by atoms with Gasteiger partial charge in [-0.3, -0.25) is 20.2 Å². The van der Waals surface area contributed by atoms with Crippen molar-refractivity contribution in [2.24, 2.45) is 0 Å². The van der Waals surface area contributed by atoms with Gasteiger partial charge in [0.1, 0.15) is 17.9 Å². The van der Waals surface area contributed by atoms with Crippen LogP contribution in [0.1, 0.15) is 11.1 Å². The van der Waals surface area contributed by atoms with E-state index < -0.39 is 17.8 Å². The van der Waals surface area contributed by atoms with E-state index >= 15 is 0 Å². The summed E-state index contributed by atoms with van der Waals surface area (Å²) in [6.45, 7) is 0.453. The van der Waals surface area contributed by atoms with Gasteiger partial charge in [0.2, 0.25) is 0 Å². The molecule has 0 bridgehead atoms. The largest absolute Gasteiger partial charge is 0.489 e. The number of imide groups is 2. The third-order valence-corrected chi connectivity index (χ3v) is 3.38. The lowest BCUT2D eigenvalue weighted by atomic mass is 10.1. The Morgan fingerprint density at radius 1 is 0.833 bits per heavy atom. The van der Waals surface area contributed by atoms with Gasteiger partial charge in [-0.2, -0.15) is 0 Å².